The standard InChI is InChI=1S/C10H11NO/c1-7(2)10-11-8-5-3-4-6-9(8)12-10/h3-7H,1-2H3. The van der Waals surface area contributed by atoms with Crippen LogP contribution in [0.15, 0.2) is 28.7 Å². The summed E-state index contributed by atoms with van der Waals surface area (Å²) in [6.45, 7) is 4.15. The lowest BCUT2D eigenvalue weighted by Gasteiger charge is -1.93. The summed E-state index contributed by atoms with van der Waals surface area (Å²) in [4.78, 5) is 4.35. The molecule has 0 saturated heterocycles. The third-order valence-electron chi connectivity index (χ3n) is 1.80. The van der Waals surface area contributed by atoms with Crippen LogP contribution in [0.5, 0.6) is 0 Å². The second kappa shape index (κ2) is 2.63. The number of para-hydroxylation sites is 2. The number of hydrogen-bond acceptors (Lipinski definition) is 2. The van der Waals surface area contributed by atoms with Crippen LogP contribution in [0.25, 0.3) is 11.1 Å². The third kappa shape index (κ3) is 1.09. The fourth-order valence-corrected chi connectivity index (χ4v) is 1.14. The molecule has 1 aromatic carbocycles. The quantitative estimate of drug-likeness (QED) is 0.642. The van der Waals surface area contributed by atoms with E-state index in [1.54, 1.807) is 0 Å². The Labute approximate surface area is 71.2 Å². The van der Waals surface area contributed by atoms with Gasteiger partial charge in [0.05, 0.1) is 0 Å². The first-order chi connectivity index (χ1) is 5.77. The molecule has 2 rings (SSSR count). The molecule has 0 fully saturated rings. The van der Waals surface area contributed by atoms with Crippen LogP contribution in [0.4, 0.5) is 0 Å². The summed E-state index contributed by atoms with van der Waals surface area (Å²) in [6, 6.07) is 7.82. The van der Waals surface area contributed by atoms with Gasteiger partial charge < -0.3 is 4.42 Å². The molecule has 0 atom stereocenters. The summed E-state index contributed by atoms with van der Waals surface area (Å²) in [7, 11) is 0. The summed E-state index contributed by atoms with van der Waals surface area (Å²) >= 11 is 0. The molecule has 0 aliphatic heterocycles. The first kappa shape index (κ1) is 7.35. The minimum atomic E-state index is 0.359. The smallest absolute Gasteiger partial charge is 0.198 e. The Hall–Kier alpha value is -1.31. The van der Waals surface area contributed by atoms with Crippen molar-refractivity contribution in [2.24, 2.45) is 0 Å². The second-order valence-corrected chi connectivity index (χ2v) is 3.17. The molecule has 0 amide bonds. The van der Waals surface area contributed by atoms with E-state index in [0.29, 0.717) is 5.92 Å². The van der Waals surface area contributed by atoms with Crippen molar-refractivity contribution < 1.29 is 4.42 Å². The van der Waals surface area contributed by atoms with E-state index < -0.39 is 0 Å². The average molecular weight is 161 g/mol. The molecule has 0 aliphatic rings. The molecule has 1 aromatic heterocycles. The Morgan fingerprint density at radius 2 is 2.00 bits per heavy atom. The Kier molecular flexibility index (Phi) is 1.61. The molecule has 2 nitrogen and oxygen atoms in total. The minimum absolute atomic E-state index is 0.359. The summed E-state index contributed by atoms with van der Waals surface area (Å²) in [5.74, 6) is 1.17. The zero-order valence-electron chi connectivity index (χ0n) is 7.24. The van der Waals surface area contributed by atoms with Gasteiger partial charge in [-0.15, -0.1) is 0 Å². The molecular formula is C10H11NO. The molecule has 0 saturated carbocycles. The van der Waals surface area contributed by atoms with Crippen LogP contribution >= 0.6 is 0 Å². The van der Waals surface area contributed by atoms with E-state index >= 15 is 0 Å². The maximum absolute atomic E-state index is 5.52. The number of nitrogens with zero attached hydrogens (tertiary/aromatic N) is 1. The average Bonchev–Trinajstić information content (AvgIpc) is 2.46. The molecule has 0 N–H and O–H groups in total. The molecule has 0 unspecified atom stereocenters. The second-order valence-electron chi connectivity index (χ2n) is 3.17. The van der Waals surface area contributed by atoms with Crippen molar-refractivity contribution in [3.05, 3.63) is 30.2 Å². The number of benzene rings is 1. The predicted octanol–water partition coefficient (Wildman–Crippen LogP) is 2.95. The SMILES string of the molecule is CC(C)c1nc2ccccc2o1. The summed E-state index contributed by atoms with van der Waals surface area (Å²) in [5.41, 5.74) is 1.82. The number of rotatable bonds is 1. The molecule has 2 heteroatoms. The zero-order valence-corrected chi connectivity index (χ0v) is 7.24. The van der Waals surface area contributed by atoms with Gasteiger partial charge in [0.25, 0.3) is 0 Å². The highest BCUT2D eigenvalue weighted by atomic mass is 16.3. The van der Waals surface area contributed by atoms with Gasteiger partial charge in [-0.05, 0) is 12.1 Å². The van der Waals surface area contributed by atoms with Crippen molar-refractivity contribution in [2.45, 2.75) is 19.8 Å². The first-order valence-corrected chi connectivity index (χ1v) is 4.13. The van der Waals surface area contributed by atoms with Crippen LogP contribution in [-0.2, 0) is 0 Å². The van der Waals surface area contributed by atoms with Crippen LogP contribution in [0.3, 0.4) is 0 Å². The van der Waals surface area contributed by atoms with Gasteiger partial charge in [0, 0.05) is 5.92 Å². The van der Waals surface area contributed by atoms with E-state index in [-0.39, 0.29) is 0 Å². The van der Waals surface area contributed by atoms with Crippen LogP contribution in [-0.4, -0.2) is 4.98 Å². The molecule has 0 bridgehead atoms. The van der Waals surface area contributed by atoms with Gasteiger partial charge in [0.2, 0.25) is 0 Å². The largest absolute Gasteiger partial charge is 0.440 e. The fourth-order valence-electron chi connectivity index (χ4n) is 1.14. The highest BCUT2D eigenvalue weighted by molar-refractivity contribution is 5.72. The van der Waals surface area contributed by atoms with Gasteiger partial charge in [-0.2, -0.15) is 0 Å². The Bertz CT molecular complexity index is 356. The van der Waals surface area contributed by atoms with Crippen LogP contribution in [0.2, 0.25) is 0 Å². The monoisotopic (exact) mass is 161 g/mol. The van der Waals surface area contributed by atoms with E-state index in [0.717, 1.165) is 17.0 Å². The van der Waals surface area contributed by atoms with Gasteiger partial charge in [0.15, 0.2) is 11.5 Å². The van der Waals surface area contributed by atoms with Crippen molar-refractivity contribution in [3.63, 3.8) is 0 Å². The van der Waals surface area contributed by atoms with Crippen molar-refractivity contribution in [3.8, 4) is 0 Å². The molecule has 0 spiro atoms. The van der Waals surface area contributed by atoms with E-state index in [1.165, 1.54) is 0 Å². The van der Waals surface area contributed by atoms with Gasteiger partial charge >= 0.3 is 0 Å². The number of oxazole rings is 1. The van der Waals surface area contributed by atoms with Gasteiger partial charge in [-0.3, -0.25) is 0 Å². The molecule has 0 aliphatic carbocycles. The lowest BCUT2D eigenvalue weighted by atomic mass is 10.2. The number of hydrogen-bond donors (Lipinski definition) is 0. The Morgan fingerprint density at radius 1 is 1.25 bits per heavy atom. The van der Waals surface area contributed by atoms with Gasteiger partial charge in [-0.25, -0.2) is 4.98 Å². The van der Waals surface area contributed by atoms with Crippen LogP contribution in [0.1, 0.15) is 25.7 Å². The predicted molar refractivity (Wildman–Crippen MR) is 48.1 cm³/mol. The van der Waals surface area contributed by atoms with E-state index in [4.69, 9.17) is 4.42 Å². The normalized spacial score (nSPS) is 11.2. The highest BCUT2D eigenvalue weighted by Gasteiger charge is 2.07. The summed E-state index contributed by atoms with van der Waals surface area (Å²) in [5, 5.41) is 0. The van der Waals surface area contributed by atoms with Crippen molar-refractivity contribution in [1.29, 1.82) is 0 Å². The summed E-state index contributed by atoms with van der Waals surface area (Å²) < 4.78 is 5.52. The van der Waals surface area contributed by atoms with Gasteiger partial charge in [0.1, 0.15) is 5.52 Å². The minimum Gasteiger partial charge on any atom is -0.440 e. The Morgan fingerprint density at radius 3 is 2.67 bits per heavy atom. The maximum Gasteiger partial charge on any atom is 0.198 e. The topological polar surface area (TPSA) is 26.0 Å². The summed E-state index contributed by atoms with van der Waals surface area (Å²) in [6.07, 6.45) is 0. The van der Waals surface area contributed by atoms with Crippen molar-refractivity contribution in [1.82, 2.24) is 4.98 Å². The van der Waals surface area contributed by atoms with E-state index in [2.05, 4.69) is 18.8 Å². The molecule has 1 heterocycles. The van der Waals surface area contributed by atoms with Crippen molar-refractivity contribution >= 4 is 11.1 Å². The highest BCUT2D eigenvalue weighted by Crippen LogP contribution is 2.19. The van der Waals surface area contributed by atoms with E-state index in [9.17, 15) is 0 Å². The zero-order chi connectivity index (χ0) is 8.55. The fraction of sp³-hybridized carbons (Fsp3) is 0.300. The van der Waals surface area contributed by atoms with E-state index in [1.807, 2.05) is 24.3 Å². The molecule has 12 heavy (non-hydrogen) atoms. The van der Waals surface area contributed by atoms with Crippen LogP contribution < -0.4 is 0 Å². The lowest BCUT2D eigenvalue weighted by Crippen LogP contribution is -1.84. The third-order valence-corrected chi connectivity index (χ3v) is 1.80. The number of fused-ring (bicyclic) bond motifs is 1. The Balaban J connectivity index is 2.62. The molecule has 62 valence electrons. The van der Waals surface area contributed by atoms with Crippen molar-refractivity contribution in [2.75, 3.05) is 0 Å². The molecule has 0 radical (unpaired) electrons. The first-order valence-electron chi connectivity index (χ1n) is 4.13. The van der Waals surface area contributed by atoms with Crippen LogP contribution in [0, 0.1) is 0 Å². The lowest BCUT2D eigenvalue weighted by molar-refractivity contribution is 0.501. The maximum atomic E-state index is 5.52. The molecular weight excluding hydrogens is 150 g/mol. The molecule has 2 aromatic rings. The van der Waals surface area contributed by atoms with Gasteiger partial charge in [-0.1, -0.05) is 26.0 Å². The number of aromatic nitrogens is 1.